The SMILES string of the molecule is CCCc1ccc(-c2ccc(OC(=O)OC3CCC(C#N)CC3)cc2)cc1. The molecule has 1 fully saturated rings. The van der Waals surface area contributed by atoms with Crippen molar-refractivity contribution < 1.29 is 14.3 Å². The van der Waals surface area contributed by atoms with Gasteiger partial charge in [-0.15, -0.1) is 0 Å². The van der Waals surface area contributed by atoms with Gasteiger partial charge in [0.15, 0.2) is 0 Å². The Labute approximate surface area is 160 Å². The van der Waals surface area contributed by atoms with Crippen LogP contribution in [0.2, 0.25) is 0 Å². The third-order valence-corrected chi connectivity index (χ3v) is 5.00. The van der Waals surface area contributed by atoms with Gasteiger partial charge in [-0.25, -0.2) is 4.79 Å². The van der Waals surface area contributed by atoms with Crippen LogP contribution in [0.15, 0.2) is 48.5 Å². The van der Waals surface area contributed by atoms with Gasteiger partial charge in [-0.3, -0.25) is 0 Å². The summed E-state index contributed by atoms with van der Waals surface area (Å²) in [6.07, 6.45) is 4.41. The number of hydrogen-bond acceptors (Lipinski definition) is 4. The Bertz CT molecular complexity index is 782. The van der Waals surface area contributed by atoms with Crippen LogP contribution in [0.1, 0.15) is 44.6 Å². The highest BCUT2D eigenvalue weighted by Crippen LogP contribution is 2.27. The van der Waals surface area contributed by atoms with Crippen LogP contribution in [0, 0.1) is 17.2 Å². The van der Waals surface area contributed by atoms with Gasteiger partial charge in [-0.1, -0.05) is 49.7 Å². The molecule has 0 aliphatic heterocycles. The van der Waals surface area contributed by atoms with E-state index < -0.39 is 6.16 Å². The topological polar surface area (TPSA) is 59.3 Å². The Balaban J connectivity index is 1.53. The average molecular weight is 363 g/mol. The van der Waals surface area contributed by atoms with Gasteiger partial charge < -0.3 is 9.47 Å². The first kappa shape index (κ1) is 19.0. The summed E-state index contributed by atoms with van der Waals surface area (Å²) in [7, 11) is 0. The van der Waals surface area contributed by atoms with Crippen molar-refractivity contribution in [1.29, 1.82) is 5.26 Å². The van der Waals surface area contributed by atoms with E-state index in [9.17, 15) is 4.79 Å². The molecule has 2 aromatic rings. The van der Waals surface area contributed by atoms with Crippen molar-refractivity contribution in [2.45, 2.75) is 51.6 Å². The molecule has 27 heavy (non-hydrogen) atoms. The van der Waals surface area contributed by atoms with Gasteiger partial charge in [-0.2, -0.15) is 5.26 Å². The summed E-state index contributed by atoms with van der Waals surface area (Å²) in [5.41, 5.74) is 3.56. The Morgan fingerprint density at radius 1 is 1.00 bits per heavy atom. The first-order valence-electron chi connectivity index (χ1n) is 9.65. The van der Waals surface area contributed by atoms with Crippen LogP contribution in [-0.4, -0.2) is 12.3 Å². The summed E-state index contributed by atoms with van der Waals surface area (Å²) in [4.78, 5) is 12.0. The maximum atomic E-state index is 12.0. The number of nitriles is 1. The van der Waals surface area contributed by atoms with Gasteiger partial charge in [0.05, 0.1) is 6.07 Å². The molecule has 0 radical (unpaired) electrons. The molecule has 4 heteroatoms. The molecule has 0 N–H and O–H groups in total. The fraction of sp³-hybridized carbons (Fsp3) is 0.391. The summed E-state index contributed by atoms with van der Waals surface area (Å²) < 4.78 is 10.7. The Kier molecular flexibility index (Phi) is 6.49. The summed E-state index contributed by atoms with van der Waals surface area (Å²) >= 11 is 0. The predicted octanol–water partition coefficient (Wildman–Crippen LogP) is 5.90. The molecule has 0 atom stereocenters. The summed E-state index contributed by atoms with van der Waals surface area (Å²) in [5, 5.41) is 8.91. The number of ether oxygens (including phenoxy) is 2. The van der Waals surface area contributed by atoms with Crippen LogP contribution < -0.4 is 4.74 Å². The zero-order valence-corrected chi connectivity index (χ0v) is 15.7. The summed E-state index contributed by atoms with van der Waals surface area (Å²) in [5.74, 6) is 0.557. The lowest BCUT2D eigenvalue weighted by Crippen LogP contribution is -2.25. The van der Waals surface area contributed by atoms with Crippen LogP contribution in [0.4, 0.5) is 4.79 Å². The van der Waals surface area contributed by atoms with Crippen molar-refractivity contribution >= 4 is 6.16 Å². The molecule has 2 aromatic carbocycles. The molecule has 140 valence electrons. The lowest BCUT2D eigenvalue weighted by Gasteiger charge is -2.24. The molecule has 4 nitrogen and oxygen atoms in total. The number of benzene rings is 2. The van der Waals surface area contributed by atoms with Crippen molar-refractivity contribution in [3.05, 3.63) is 54.1 Å². The van der Waals surface area contributed by atoms with Gasteiger partial charge >= 0.3 is 6.16 Å². The fourth-order valence-electron chi connectivity index (χ4n) is 3.43. The van der Waals surface area contributed by atoms with E-state index in [1.165, 1.54) is 5.56 Å². The van der Waals surface area contributed by atoms with Crippen LogP contribution in [-0.2, 0) is 11.2 Å². The minimum absolute atomic E-state index is 0.0875. The Morgan fingerprint density at radius 2 is 1.59 bits per heavy atom. The molecule has 0 bridgehead atoms. The second-order valence-electron chi connectivity index (χ2n) is 7.04. The van der Waals surface area contributed by atoms with Crippen molar-refractivity contribution in [2.24, 2.45) is 5.92 Å². The van der Waals surface area contributed by atoms with Crippen LogP contribution in [0.25, 0.3) is 11.1 Å². The molecule has 3 rings (SSSR count). The maximum absolute atomic E-state index is 12.0. The summed E-state index contributed by atoms with van der Waals surface area (Å²) in [6.45, 7) is 2.18. The van der Waals surface area contributed by atoms with Crippen LogP contribution in [0.5, 0.6) is 5.75 Å². The van der Waals surface area contributed by atoms with Crippen LogP contribution in [0.3, 0.4) is 0 Å². The number of rotatable bonds is 5. The van der Waals surface area contributed by atoms with Gasteiger partial charge in [0.2, 0.25) is 0 Å². The van der Waals surface area contributed by atoms with Gasteiger partial charge in [0, 0.05) is 5.92 Å². The third kappa shape index (κ3) is 5.34. The highest BCUT2D eigenvalue weighted by molar-refractivity contribution is 5.67. The molecule has 0 aromatic heterocycles. The van der Waals surface area contributed by atoms with E-state index in [-0.39, 0.29) is 12.0 Å². The van der Waals surface area contributed by atoms with E-state index in [2.05, 4.69) is 37.3 Å². The number of aryl methyl sites for hydroxylation is 1. The number of carbonyl (C=O) groups excluding carboxylic acids is 1. The van der Waals surface area contributed by atoms with Crippen LogP contribution >= 0.6 is 0 Å². The van der Waals surface area contributed by atoms with E-state index in [1.807, 2.05) is 12.1 Å². The minimum Gasteiger partial charge on any atom is -0.431 e. The van der Waals surface area contributed by atoms with E-state index in [0.717, 1.165) is 49.7 Å². The molecule has 1 aliphatic rings. The Hall–Kier alpha value is -2.80. The van der Waals surface area contributed by atoms with Crippen molar-refractivity contribution in [3.8, 4) is 22.9 Å². The van der Waals surface area contributed by atoms with Gasteiger partial charge in [-0.05, 0) is 60.9 Å². The highest BCUT2D eigenvalue weighted by Gasteiger charge is 2.24. The summed E-state index contributed by atoms with van der Waals surface area (Å²) in [6, 6.07) is 18.3. The third-order valence-electron chi connectivity index (χ3n) is 5.00. The van der Waals surface area contributed by atoms with E-state index in [1.54, 1.807) is 12.1 Å². The lowest BCUT2D eigenvalue weighted by atomic mass is 9.88. The standard InChI is InChI=1S/C23H25NO3/c1-2-3-17-4-8-19(9-5-17)20-10-14-22(15-11-20)27-23(25)26-21-12-6-18(16-24)7-13-21/h4-5,8-11,14-15,18,21H,2-3,6-7,12-13H2,1H3. The van der Waals surface area contributed by atoms with E-state index in [0.29, 0.717) is 5.75 Å². The molecular formula is C23H25NO3. The molecule has 0 saturated heterocycles. The first-order valence-corrected chi connectivity index (χ1v) is 9.65. The largest absolute Gasteiger partial charge is 0.514 e. The van der Waals surface area contributed by atoms with E-state index >= 15 is 0 Å². The average Bonchev–Trinajstić information content (AvgIpc) is 2.70. The molecule has 0 spiro atoms. The Morgan fingerprint density at radius 3 is 2.15 bits per heavy atom. The van der Waals surface area contributed by atoms with Gasteiger partial charge in [0.1, 0.15) is 11.9 Å². The molecule has 0 unspecified atom stereocenters. The number of carbonyl (C=O) groups is 1. The second kappa shape index (κ2) is 9.23. The monoisotopic (exact) mass is 363 g/mol. The fourth-order valence-corrected chi connectivity index (χ4v) is 3.43. The molecule has 1 aliphatic carbocycles. The molecular weight excluding hydrogens is 338 g/mol. The quantitative estimate of drug-likeness (QED) is 0.490. The van der Waals surface area contributed by atoms with Crippen molar-refractivity contribution in [3.63, 3.8) is 0 Å². The second-order valence-corrected chi connectivity index (χ2v) is 7.04. The lowest BCUT2D eigenvalue weighted by molar-refractivity contribution is 0.0375. The zero-order valence-electron chi connectivity index (χ0n) is 15.7. The van der Waals surface area contributed by atoms with Gasteiger partial charge in [0.25, 0.3) is 0 Å². The van der Waals surface area contributed by atoms with Crippen molar-refractivity contribution in [1.82, 2.24) is 0 Å². The zero-order chi connectivity index (χ0) is 19.1. The first-order chi connectivity index (χ1) is 13.2. The predicted molar refractivity (Wildman–Crippen MR) is 104 cm³/mol. The molecule has 0 heterocycles. The molecule has 0 amide bonds. The maximum Gasteiger partial charge on any atom is 0.514 e. The smallest absolute Gasteiger partial charge is 0.431 e. The number of hydrogen-bond donors (Lipinski definition) is 0. The minimum atomic E-state index is -0.674. The molecule has 1 saturated carbocycles. The van der Waals surface area contributed by atoms with Crippen molar-refractivity contribution in [2.75, 3.05) is 0 Å². The van der Waals surface area contributed by atoms with E-state index in [4.69, 9.17) is 14.7 Å². The normalized spacial score (nSPS) is 19.1. The highest BCUT2D eigenvalue weighted by atomic mass is 16.7. The number of nitrogens with zero attached hydrogens (tertiary/aromatic N) is 1.